The second-order valence-corrected chi connectivity index (χ2v) is 8.78. The zero-order valence-electron chi connectivity index (χ0n) is 17.6. The van der Waals surface area contributed by atoms with Gasteiger partial charge in [-0.05, 0) is 30.3 Å². The largest absolute Gasteiger partial charge is 0.480 e. The van der Waals surface area contributed by atoms with Gasteiger partial charge in [0.05, 0.1) is 6.04 Å². The van der Waals surface area contributed by atoms with Gasteiger partial charge in [-0.1, -0.05) is 27.7 Å². The number of hydrogen-bond donors (Lipinski definition) is 6. The van der Waals surface area contributed by atoms with Gasteiger partial charge in [0.25, 0.3) is 0 Å². The molecule has 0 heterocycles. The van der Waals surface area contributed by atoms with Crippen LogP contribution in [0.1, 0.15) is 34.1 Å². The van der Waals surface area contributed by atoms with E-state index in [0.29, 0.717) is 5.75 Å². The van der Waals surface area contributed by atoms with Gasteiger partial charge in [0.2, 0.25) is 17.7 Å². The highest BCUT2D eigenvalue weighted by Gasteiger charge is 2.31. The summed E-state index contributed by atoms with van der Waals surface area (Å²) in [5.74, 6) is -2.63. The van der Waals surface area contributed by atoms with Gasteiger partial charge in [-0.3, -0.25) is 14.4 Å². The molecule has 0 aliphatic heterocycles. The lowest BCUT2D eigenvalue weighted by molar-refractivity contribution is -0.142. The number of rotatable bonds is 13. The van der Waals surface area contributed by atoms with Crippen LogP contribution in [0.5, 0.6) is 0 Å². The smallest absolute Gasteiger partial charge is 0.326 e. The van der Waals surface area contributed by atoms with E-state index >= 15 is 0 Å². The Kier molecular flexibility index (Phi) is 13.0. The van der Waals surface area contributed by atoms with Crippen LogP contribution >= 0.6 is 24.4 Å². The molecule has 11 heteroatoms. The average Bonchev–Trinajstić information content (AvgIpc) is 2.65. The molecule has 4 unspecified atom stereocenters. The molecule has 0 radical (unpaired) electrons. The zero-order valence-corrected chi connectivity index (χ0v) is 19.3. The predicted molar refractivity (Wildman–Crippen MR) is 118 cm³/mol. The molecule has 0 fully saturated rings. The number of nitrogens with two attached hydrogens (primary N) is 1. The minimum atomic E-state index is -1.15. The number of nitrogens with one attached hydrogen (secondary N) is 3. The monoisotopic (exact) mass is 450 g/mol. The van der Waals surface area contributed by atoms with Gasteiger partial charge in [0, 0.05) is 5.75 Å². The van der Waals surface area contributed by atoms with Crippen molar-refractivity contribution in [1.82, 2.24) is 16.0 Å². The predicted octanol–water partition coefficient (Wildman–Crippen LogP) is -0.152. The molecular formula is C18H34N4O5S2. The maximum absolute atomic E-state index is 12.7. The highest BCUT2D eigenvalue weighted by molar-refractivity contribution is 7.98. The van der Waals surface area contributed by atoms with Crippen molar-refractivity contribution >= 4 is 48.1 Å². The molecule has 168 valence electrons. The summed E-state index contributed by atoms with van der Waals surface area (Å²) >= 11 is 5.56. The zero-order chi connectivity index (χ0) is 22.7. The fourth-order valence-electron chi connectivity index (χ4n) is 2.31. The molecule has 0 aromatic carbocycles. The van der Waals surface area contributed by atoms with Gasteiger partial charge < -0.3 is 26.8 Å². The van der Waals surface area contributed by atoms with Crippen LogP contribution in [-0.2, 0) is 19.2 Å². The van der Waals surface area contributed by atoms with Crippen molar-refractivity contribution in [1.29, 1.82) is 0 Å². The number of thioether (sulfide) groups is 1. The summed E-state index contributed by atoms with van der Waals surface area (Å²) < 4.78 is 0. The molecule has 0 aromatic rings. The first-order valence-electron chi connectivity index (χ1n) is 9.45. The van der Waals surface area contributed by atoms with E-state index in [9.17, 15) is 24.3 Å². The van der Waals surface area contributed by atoms with Crippen molar-refractivity contribution in [3.63, 3.8) is 0 Å². The van der Waals surface area contributed by atoms with Crippen LogP contribution in [-0.4, -0.2) is 70.7 Å². The second kappa shape index (κ2) is 13.7. The third kappa shape index (κ3) is 9.72. The number of hydrogen-bond acceptors (Lipinski definition) is 7. The number of carboxylic acids is 1. The van der Waals surface area contributed by atoms with E-state index in [-0.39, 0.29) is 24.0 Å². The van der Waals surface area contributed by atoms with E-state index in [1.54, 1.807) is 27.7 Å². The van der Waals surface area contributed by atoms with Gasteiger partial charge in [0.15, 0.2) is 0 Å². The van der Waals surface area contributed by atoms with Crippen molar-refractivity contribution in [3.05, 3.63) is 0 Å². The average molecular weight is 451 g/mol. The lowest BCUT2D eigenvalue weighted by Crippen LogP contribution is -2.59. The first-order chi connectivity index (χ1) is 13.5. The maximum atomic E-state index is 12.7. The summed E-state index contributed by atoms with van der Waals surface area (Å²) in [6.07, 6.45) is 2.09. The Morgan fingerprint density at radius 2 is 1.48 bits per heavy atom. The minimum Gasteiger partial charge on any atom is -0.480 e. The summed E-state index contributed by atoms with van der Waals surface area (Å²) in [4.78, 5) is 48.7. The van der Waals surface area contributed by atoms with Crippen LogP contribution in [0.15, 0.2) is 0 Å². The van der Waals surface area contributed by atoms with Crippen molar-refractivity contribution in [2.75, 3.05) is 17.8 Å². The summed E-state index contributed by atoms with van der Waals surface area (Å²) in [6.45, 7) is 7.10. The molecule has 4 atom stereocenters. The second-order valence-electron chi connectivity index (χ2n) is 7.42. The van der Waals surface area contributed by atoms with Crippen molar-refractivity contribution in [3.8, 4) is 0 Å². The number of carboxylic acid groups (broad SMARTS) is 1. The van der Waals surface area contributed by atoms with Crippen molar-refractivity contribution in [2.24, 2.45) is 17.6 Å². The summed E-state index contributed by atoms with van der Waals surface area (Å²) in [5, 5.41) is 16.8. The molecule has 0 saturated heterocycles. The number of amides is 3. The van der Waals surface area contributed by atoms with Crippen LogP contribution in [0.25, 0.3) is 0 Å². The molecule has 0 rings (SSSR count). The molecule has 6 N–H and O–H groups in total. The van der Waals surface area contributed by atoms with Crippen molar-refractivity contribution in [2.45, 2.75) is 58.3 Å². The molecule has 29 heavy (non-hydrogen) atoms. The fraction of sp³-hybridized carbons (Fsp3) is 0.778. The topological polar surface area (TPSA) is 151 Å². The lowest BCUT2D eigenvalue weighted by atomic mass is 10.00. The summed E-state index contributed by atoms with van der Waals surface area (Å²) in [7, 11) is 0. The van der Waals surface area contributed by atoms with E-state index in [1.807, 2.05) is 6.26 Å². The molecule has 0 aliphatic carbocycles. The number of thiol groups is 1. The Morgan fingerprint density at radius 3 is 1.90 bits per heavy atom. The van der Waals surface area contributed by atoms with Crippen LogP contribution in [0.2, 0.25) is 0 Å². The fourth-order valence-corrected chi connectivity index (χ4v) is 3.04. The van der Waals surface area contributed by atoms with Gasteiger partial charge in [-0.15, -0.1) is 0 Å². The Hall–Kier alpha value is -1.46. The molecule has 0 saturated carbocycles. The van der Waals surface area contributed by atoms with E-state index in [0.717, 1.165) is 0 Å². The highest BCUT2D eigenvalue weighted by atomic mass is 32.2. The quantitative estimate of drug-likeness (QED) is 0.214. The van der Waals surface area contributed by atoms with Crippen LogP contribution in [0.4, 0.5) is 0 Å². The summed E-state index contributed by atoms with van der Waals surface area (Å²) in [5.41, 5.74) is 5.83. The first kappa shape index (κ1) is 27.5. The Bertz CT molecular complexity index is 574. The van der Waals surface area contributed by atoms with E-state index in [4.69, 9.17) is 5.73 Å². The number of carbonyl (C=O) groups is 4. The standard InChI is InChI=1S/C18H34N4O5S2/c1-9(2)13(19)16(24)22-14(10(3)4)17(25)21-12(8-28)15(23)20-11(18(26)27)6-7-29-5/h9-14,28H,6-8,19H2,1-5H3,(H,20,23)(H,21,25)(H,22,24)(H,26,27). The minimum absolute atomic E-state index is 0.0310. The van der Waals surface area contributed by atoms with E-state index in [2.05, 4.69) is 28.6 Å². The molecule has 0 bridgehead atoms. The van der Waals surface area contributed by atoms with Crippen LogP contribution < -0.4 is 21.7 Å². The van der Waals surface area contributed by atoms with Crippen molar-refractivity contribution < 1.29 is 24.3 Å². The van der Waals surface area contributed by atoms with Gasteiger partial charge >= 0.3 is 5.97 Å². The van der Waals surface area contributed by atoms with Crippen LogP contribution in [0.3, 0.4) is 0 Å². The van der Waals surface area contributed by atoms with E-state index in [1.165, 1.54) is 11.8 Å². The summed E-state index contributed by atoms with van der Waals surface area (Å²) in [6, 6.07) is -3.76. The molecule has 9 nitrogen and oxygen atoms in total. The maximum Gasteiger partial charge on any atom is 0.326 e. The number of carbonyl (C=O) groups excluding carboxylic acids is 3. The molecule has 3 amide bonds. The normalized spacial score (nSPS) is 15.3. The Balaban J connectivity index is 5.12. The molecule has 0 spiro atoms. The van der Waals surface area contributed by atoms with E-state index < -0.39 is 47.9 Å². The Morgan fingerprint density at radius 1 is 0.931 bits per heavy atom. The lowest BCUT2D eigenvalue weighted by Gasteiger charge is -2.27. The van der Waals surface area contributed by atoms with Gasteiger partial charge in [0.1, 0.15) is 18.1 Å². The van der Waals surface area contributed by atoms with Crippen LogP contribution in [0, 0.1) is 11.8 Å². The highest BCUT2D eigenvalue weighted by Crippen LogP contribution is 2.07. The molecule has 0 aliphatic rings. The molecular weight excluding hydrogens is 416 g/mol. The SMILES string of the molecule is CSCCC(NC(=O)C(CS)NC(=O)C(NC(=O)C(N)C(C)C)C(C)C)C(=O)O. The first-order valence-corrected chi connectivity index (χ1v) is 11.5. The third-order valence-electron chi connectivity index (χ3n) is 4.31. The molecule has 0 aromatic heterocycles. The van der Waals surface area contributed by atoms with Gasteiger partial charge in [-0.2, -0.15) is 24.4 Å². The number of aliphatic carboxylic acids is 1. The van der Waals surface area contributed by atoms with Gasteiger partial charge in [-0.25, -0.2) is 4.79 Å². The third-order valence-corrected chi connectivity index (χ3v) is 5.32. The Labute approximate surface area is 182 Å².